The molecule has 0 amide bonds. The number of aliphatic hydroxyl groups excluding tert-OH is 1. The zero-order valence-corrected chi connectivity index (χ0v) is 16.7. The van der Waals surface area contributed by atoms with E-state index in [1.807, 2.05) is 0 Å². The summed E-state index contributed by atoms with van der Waals surface area (Å²) in [5.41, 5.74) is 2.05. The number of anilines is 2. The minimum atomic E-state index is -3.23. The smallest absolute Gasteiger partial charge is 0.240 e. The van der Waals surface area contributed by atoms with Gasteiger partial charge in [-0.25, -0.2) is 23.7 Å². The summed E-state index contributed by atoms with van der Waals surface area (Å²) in [5, 5.41) is 22.6. The molecule has 2 aromatic heterocycles. The van der Waals surface area contributed by atoms with Crippen molar-refractivity contribution in [2.75, 3.05) is 19.0 Å². The normalized spacial score (nSPS) is 14.0. The van der Waals surface area contributed by atoms with Crippen LogP contribution in [-0.4, -0.2) is 39.0 Å². The number of pyridine rings is 2. The molecule has 4 N–H and O–H groups in total. The molecule has 3 rings (SSSR count). The van der Waals surface area contributed by atoms with Crippen LogP contribution in [0.2, 0.25) is 0 Å². The van der Waals surface area contributed by atoms with E-state index in [-0.39, 0.29) is 11.4 Å². The van der Waals surface area contributed by atoms with E-state index in [4.69, 9.17) is 9.52 Å². The fourth-order valence-corrected chi connectivity index (χ4v) is 3.83. The lowest BCUT2D eigenvalue weighted by atomic mass is 10.1. The van der Waals surface area contributed by atoms with Crippen molar-refractivity contribution in [1.82, 2.24) is 14.7 Å². The molecular formula is C19H20N6O3S. The lowest BCUT2D eigenvalue weighted by molar-refractivity contribution is 0.199. The van der Waals surface area contributed by atoms with E-state index in [0.717, 1.165) is 0 Å². The topological polar surface area (TPSA) is 144 Å². The van der Waals surface area contributed by atoms with Crippen molar-refractivity contribution in [3.63, 3.8) is 0 Å². The van der Waals surface area contributed by atoms with Gasteiger partial charge in [0.1, 0.15) is 21.5 Å². The first kappa shape index (κ1) is 20.5. The molecule has 10 heteroatoms. The summed E-state index contributed by atoms with van der Waals surface area (Å²) in [6.07, 6.45) is 2.30. The first-order valence-electron chi connectivity index (χ1n) is 8.66. The van der Waals surface area contributed by atoms with Crippen molar-refractivity contribution >= 4 is 32.2 Å². The number of rotatable bonds is 7. The van der Waals surface area contributed by atoms with Gasteiger partial charge < -0.3 is 15.2 Å². The van der Waals surface area contributed by atoms with Crippen molar-refractivity contribution in [3.8, 4) is 11.9 Å². The Bertz CT molecular complexity index is 1170. The summed E-state index contributed by atoms with van der Waals surface area (Å²) in [6.45, 7) is 1.60. The molecule has 9 nitrogen and oxygen atoms in total. The summed E-state index contributed by atoms with van der Waals surface area (Å²) in [4.78, 5) is 8.68. The lowest BCUT2D eigenvalue weighted by Gasteiger charge is -2.14. The first-order chi connectivity index (χ1) is 13.9. The van der Waals surface area contributed by atoms with Crippen molar-refractivity contribution < 1.29 is 14.1 Å². The van der Waals surface area contributed by atoms with E-state index < -0.39 is 16.0 Å². The molecule has 0 saturated carbocycles. The van der Waals surface area contributed by atoms with Crippen LogP contribution in [0.4, 0.5) is 11.4 Å². The van der Waals surface area contributed by atoms with Crippen molar-refractivity contribution in [1.29, 1.82) is 10.0 Å². The molecule has 2 heterocycles. The number of aliphatic hydroxyl groups is 1. The van der Waals surface area contributed by atoms with Gasteiger partial charge >= 0.3 is 0 Å². The maximum atomic E-state index is 12.5. The van der Waals surface area contributed by atoms with Crippen molar-refractivity contribution in [2.45, 2.75) is 17.9 Å². The van der Waals surface area contributed by atoms with Crippen molar-refractivity contribution in [2.24, 2.45) is 0 Å². The van der Waals surface area contributed by atoms with E-state index in [2.05, 4.69) is 26.1 Å². The molecule has 150 valence electrons. The predicted octanol–water partition coefficient (Wildman–Crippen LogP) is 2.54. The van der Waals surface area contributed by atoms with Crippen LogP contribution in [-0.2, 0) is 9.92 Å². The first-order valence-corrected chi connectivity index (χ1v) is 10.2. The molecule has 0 unspecified atom stereocenters. The molecule has 0 radical (unpaired) electrons. The van der Waals surface area contributed by atoms with Gasteiger partial charge in [-0.2, -0.15) is 5.26 Å². The quantitative estimate of drug-likeness (QED) is 0.467. The number of methoxy groups -OCH3 is 1. The Balaban J connectivity index is 1.95. The number of nitrogens with one attached hydrogen (secondary N) is 3. The van der Waals surface area contributed by atoms with Gasteiger partial charge in [0.15, 0.2) is 0 Å². The highest BCUT2D eigenvalue weighted by atomic mass is 32.2. The van der Waals surface area contributed by atoms with Gasteiger partial charge in [0, 0.05) is 30.0 Å². The number of hydrogen-bond donors (Lipinski definition) is 4. The average molecular weight is 412 g/mol. The number of benzene rings is 1. The molecule has 0 fully saturated rings. The van der Waals surface area contributed by atoms with E-state index in [9.17, 15) is 14.6 Å². The summed E-state index contributed by atoms with van der Waals surface area (Å²) in [6, 6.07) is 10.3. The van der Waals surface area contributed by atoms with E-state index in [1.54, 1.807) is 43.5 Å². The Morgan fingerprint density at radius 3 is 2.66 bits per heavy atom. The standard InChI is InChI=1S/C19H20N6O3S/c1-12(26)10-24-29(21,27)15-5-3-14(4-6-15)25-17-13(9-20)11-23-18-16(17)7-8-22-19(18)28-2/h3-8,11-12,26H,10H2,1-2H3,(H,23,25)(H2,21,24,27)/t12-,29-/m1/s1. The highest BCUT2D eigenvalue weighted by Gasteiger charge is 2.14. The monoisotopic (exact) mass is 412 g/mol. The summed E-state index contributed by atoms with van der Waals surface area (Å²) in [7, 11) is -1.73. The van der Waals surface area contributed by atoms with E-state index >= 15 is 0 Å². The van der Waals surface area contributed by atoms with Gasteiger partial charge in [0.2, 0.25) is 5.88 Å². The van der Waals surface area contributed by atoms with Crippen LogP contribution in [0.1, 0.15) is 12.5 Å². The average Bonchev–Trinajstić information content (AvgIpc) is 2.72. The molecule has 0 aliphatic rings. The van der Waals surface area contributed by atoms with E-state index in [1.165, 1.54) is 13.3 Å². The zero-order chi connectivity index (χ0) is 21.0. The second-order valence-corrected chi connectivity index (χ2v) is 8.15. The Kier molecular flexibility index (Phi) is 5.93. The van der Waals surface area contributed by atoms with Gasteiger partial charge in [-0.3, -0.25) is 0 Å². The number of ether oxygens (including phenoxy) is 1. The second-order valence-electron chi connectivity index (χ2n) is 6.28. The highest BCUT2D eigenvalue weighted by Crippen LogP contribution is 2.32. The number of nitriles is 1. The van der Waals surface area contributed by atoms with Crippen LogP contribution in [0.25, 0.3) is 10.9 Å². The van der Waals surface area contributed by atoms with Gasteiger partial charge in [0.25, 0.3) is 0 Å². The molecule has 29 heavy (non-hydrogen) atoms. The number of nitrogens with zero attached hydrogens (tertiary/aromatic N) is 3. The lowest BCUT2D eigenvalue weighted by Crippen LogP contribution is -2.29. The van der Waals surface area contributed by atoms with Gasteiger partial charge in [-0.05, 0) is 37.3 Å². The predicted molar refractivity (Wildman–Crippen MR) is 109 cm³/mol. The molecule has 0 aliphatic heterocycles. The van der Waals surface area contributed by atoms with Crippen LogP contribution < -0.4 is 14.8 Å². The molecular weight excluding hydrogens is 392 g/mol. The maximum Gasteiger partial charge on any atom is 0.240 e. The van der Waals surface area contributed by atoms with Crippen LogP contribution >= 0.6 is 0 Å². The van der Waals surface area contributed by atoms with Gasteiger partial charge in [-0.1, -0.05) is 0 Å². The summed E-state index contributed by atoms with van der Waals surface area (Å²) >= 11 is 0. The largest absolute Gasteiger partial charge is 0.479 e. The van der Waals surface area contributed by atoms with Crippen LogP contribution in [0.15, 0.2) is 47.6 Å². The van der Waals surface area contributed by atoms with E-state index in [0.29, 0.717) is 33.7 Å². The molecule has 2 atom stereocenters. The second kappa shape index (κ2) is 8.40. The molecule has 1 aromatic carbocycles. The Morgan fingerprint density at radius 2 is 2.03 bits per heavy atom. The summed E-state index contributed by atoms with van der Waals surface area (Å²) in [5.74, 6) is 0.350. The number of hydrogen-bond acceptors (Lipinski definition) is 8. The molecule has 0 aliphatic carbocycles. The van der Waals surface area contributed by atoms with Crippen molar-refractivity contribution in [3.05, 3.63) is 48.3 Å². The molecule has 0 saturated heterocycles. The SMILES string of the molecule is COc1nccc2c(Nc3ccc([S@](=N)(=O)NC[C@@H](C)O)cc3)c(C#N)cnc12. The fraction of sp³-hybridized carbons (Fsp3) is 0.211. The number of fused-ring (bicyclic) bond motifs is 1. The third-order valence-electron chi connectivity index (χ3n) is 4.10. The Labute approximate surface area is 168 Å². The van der Waals surface area contributed by atoms with Crippen LogP contribution in [0, 0.1) is 16.1 Å². The fourth-order valence-electron chi connectivity index (χ4n) is 2.66. The Morgan fingerprint density at radius 1 is 1.31 bits per heavy atom. The van der Waals surface area contributed by atoms with Crippen LogP contribution in [0.3, 0.4) is 0 Å². The zero-order valence-electron chi connectivity index (χ0n) is 15.8. The van der Waals surface area contributed by atoms with Gasteiger partial charge in [-0.15, -0.1) is 0 Å². The molecule has 0 bridgehead atoms. The maximum absolute atomic E-state index is 12.5. The minimum absolute atomic E-state index is 0.0484. The Hall–Kier alpha value is -3.26. The van der Waals surface area contributed by atoms with Gasteiger partial charge in [0.05, 0.1) is 29.4 Å². The highest BCUT2D eigenvalue weighted by molar-refractivity contribution is 7.90. The molecule has 0 spiro atoms. The third-order valence-corrected chi connectivity index (χ3v) is 5.61. The van der Waals surface area contributed by atoms with Crippen LogP contribution in [0.5, 0.6) is 5.88 Å². The molecule has 3 aromatic rings. The minimum Gasteiger partial charge on any atom is -0.479 e. The summed E-state index contributed by atoms with van der Waals surface area (Å²) < 4.78 is 28.2. The third kappa shape index (κ3) is 4.43. The number of aromatic nitrogens is 2.